The van der Waals surface area contributed by atoms with E-state index < -0.39 is 10.0 Å². The Morgan fingerprint density at radius 3 is 2.75 bits per heavy atom. The van der Waals surface area contributed by atoms with Crippen LogP contribution in [0.4, 0.5) is 0 Å². The van der Waals surface area contributed by atoms with Gasteiger partial charge in [-0.3, -0.25) is 4.68 Å². The summed E-state index contributed by atoms with van der Waals surface area (Å²) >= 11 is 1.43. The summed E-state index contributed by atoms with van der Waals surface area (Å²) in [5.74, 6) is 0. The lowest BCUT2D eigenvalue weighted by atomic mass is 10.3. The summed E-state index contributed by atoms with van der Waals surface area (Å²) < 4.78 is 28.7. The van der Waals surface area contributed by atoms with Gasteiger partial charge in [-0.15, -0.1) is 11.3 Å². The number of hydrogen-bond donors (Lipinski definition) is 2. The monoisotopic (exact) mass is 314 g/mol. The van der Waals surface area contributed by atoms with Gasteiger partial charge in [0.15, 0.2) is 0 Å². The molecule has 2 aromatic rings. The minimum Gasteiger partial charge on any atom is -0.315 e. The molecular formula is C12H18N4O2S2. The summed E-state index contributed by atoms with van der Waals surface area (Å²) in [5, 5.41) is 8.85. The van der Waals surface area contributed by atoms with E-state index in [-0.39, 0.29) is 6.54 Å². The Hall–Kier alpha value is -1.22. The molecule has 0 fully saturated rings. The van der Waals surface area contributed by atoms with Crippen LogP contribution in [-0.4, -0.2) is 25.2 Å². The normalized spacial score (nSPS) is 11.9. The van der Waals surface area contributed by atoms with Crippen molar-refractivity contribution in [3.8, 4) is 0 Å². The number of nitrogens with zero attached hydrogens (tertiary/aromatic N) is 2. The van der Waals surface area contributed by atoms with Gasteiger partial charge < -0.3 is 5.32 Å². The molecule has 0 unspecified atom stereocenters. The molecule has 0 amide bonds. The van der Waals surface area contributed by atoms with Gasteiger partial charge in [-0.2, -0.15) is 5.10 Å². The zero-order valence-corrected chi connectivity index (χ0v) is 13.3. The van der Waals surface area contributed by atoms with Crippen LogP contribution in [0.15, 0.2) is 22.5 Å². The van der Waals surface area contributed by atoms with Crippen LogP contribution in [-0.2, 0) is 30.2 Å². The van der Waals surface area contributed by atoms with Gasteiger partial charge in [-0.25, -0.2) is 13.1 Å². The van der Waals surface area contributed by atoms with E-state index in [2.05, 4.69) is 15.1 Å². The summed E-state index contributed by atoms with van der Waals surface area (Å²) in [6.07, 6.45) is 1.82. The van der Waals surface area contributed by atoms with E-state index in [1.54, 1.807) is 16.1 Å². The highest BCUT2D eigenvalue weighted by Gasteiger charge is 2.16. The Kier molecular flexibility index (Phi) is 4.59. The van der Waals surface area contributed by atoms with Crippen molar-refractivity contribution >= 4 is 21.4 Å². The number of nitrogens with one attached hydrogen (secondary N) is 2. The molecule has 20 heavy (non-hydrogen) atoms. The molecule has 0 radical (unpaired) electrons. The maximum absolute atomic E-state index is 12.2. The lowest BCUT2D eigenvalue weighted by Crippen LogP contribution is -2.23. The quantitative estimate of drug-likeness (QED) is 0.833. The highest BCUT2D eigenvalue weighted by molar-refractivity contribution is 7.89. The zero-order chi connectivity index (χ0) is 14.8. The summed E-state index contributed by atoms with van der Waals surface area (Å²) in [7, 11) is 0.176. The second-order valence-electron chi connectivity index (χ2n) is 4.52. The maximum Gasteiger partial charge on any atom is 0.241 e. The first-order chi connectivity index (χ1) is 9.42. The summed E-state index contributed by atoms with van der Waals surface area (Å²) in [6, 6.07) is 1.69. The van der Waals surface area contributed by atoms with Crippen molar-refractivity contribution in [3.05, 3.63) is 33.8 Å². The van der Waals surface area contributed by atoms with Crippen LogP contribution in [0.2, 0.25) is 0 Å². The topological polar surface area (TPSA) is 76.0 Å². The Bertz CT molecular complexity index is 688. The van der Waals surface area contributed by atoms with Crippen molar-refractivity contribution in [2.45, 2.75) is 24.9 Å². The van der Waals surface area contributed by atoms with Crippen LogP contribution < -0.4 is 10.0 Å². The second kappa shape index (κ2) is 6.04. The molecule has 0 atom stereocenters. The summed E-state index contributed by atoms with van der Waals surface area (Å²) in [6.45, 7) is 2.78. The highest BCUT2D eigenvalue weighted by Crippen LogP contribution is 2.19. The van der Waals surface area contributed by atoms with Gasteiger partial charge in [0.05, 0.1) is 10.6 Å². The fraction of sp³-hybridized carbons (Fsp3) is 0.417. The Morgan fingerprint density at radius 2 is 2.15 bits per heavy atom. The third kappa shape index (κ3) is 3.45. The van der Waals surface area contributed by atoms with Gasteiger partial charge in [0.2, 0.25) is 10.0 Å². The molecular weight excluding hydrogens is 296 g/mol. The molecule has 0 aromatic carbocycles. The molecule has 0 saturated heterocycles. The molecule has 110 valence electrons. The molecule has 0 bridgehead atoms. The van der Waals surface area contributed by atoms with Gasteiger partial charge in [-0.05, 0) is 20.0 Å². The van der Waals surface area contributed by atoms with Gasteiger partial charge >= 0.3 is 0 Å². The number of aromatic nitrogens is 2. The van der Waals surface area contributed by atoms with Gasteiger partial charge in [0.1, 0.15) is 0 Å². The number of sulfonamides is 1. The summed E-state index contributed by atoms with van der Waals surface area (Å²) in [4.78, 5) is 1.31. The fourth-order valence-electron chi connectivity index (χ4n) is 1.85. The number of hydrogen-bond acceptors (Lipinski definition) is 5. The molecule has 2 aromatic heterocycles. The van der Waals surface area contributed by atoms with Crippen molar-refractivity contribution in [3.63, 3.8) is 0 Å². The molecule has 0 aliphatic carbocycles. The molecule has 2 N–H and O–H groups in total. The van der Waals surface area contributed by atoms with Gasteiger partial charge in [-0.1, -0.05) is 0 Å². The SMILES string of the molecule is CNCc1cc(S(=O)(=O)NCc2cn(C)nc2C)cs1. The van der Waals surface area contributed by atoms with Crippen LogP contribution in [0.25, 0.3) is 0 Å². The standard InChI is InChI=1S/C12H18N4O2S2/c1-9-10(7-16(3)15-9)5-14-20(17,18)12-4-11(6-13-2)19-8-12/h4,7-8,13-14H,5-6H2,1-3H3. The van der Waals surface area contributed by atoms with E-state index in [1.807, 2.05) is 27.2 Å². The fourth-order valence-corrected chi connectivity index (χ4v) is 4.14. The largest absolute Gasteiger partial charge is 0.315 e. The van der Waals surface area contributed by atoms with Crippen molar-refractivity contribution in [1.82, 2.24) is 19.8 Å². The van der Waals surface area contributed by atoms with Crippen LogP contribution in [0.3, 0.4) is 0 Å². The van der Waals surface area contributed by atoms with Crippen LogP contribution in [0.1, 0.15) is 16.1 Å². The van der Waals surface area contributed by atoms with E-state index >= 15 is 0 Å². The third-order valence-electron chi connectivity index (χ3n) is 2.86. The maximum atomic E-state index is 12.2. The highest BCUT2D eigenvalue weighted by atomic mass is 32.2. The molecule has 8 heteroatoms. The Morgan fingerprint density at radius 1 is 1.40 bits per heavy atom. The minimum absolute atomic E-state index is 0.249. The van der Waals surface area contributed by atoms with Gasteiger partial charge in [0, 0.05) is 42.2 Å². The molecule has 0 aliphatic heterocycles. The molecule has 0 spiro atoms. The summed E-state index contributed by atoms with van der Waals surface area (Å²) in [5.41, 5.74) is 1.71. The van der Waals surface area contributed by atoms with Crippen LogP contribution >= 0.6 is 11.3 Å². The molecule has 0 aliphatic rings. The number of rotatable bonds is 6. The van der Waals surface area contributed by atoms with E-state index in [4.69, 9.17) is 0 Å². The molecule has 0 saturated carbocycles. The molecule has 6 nitrogen and oxygen atoms in total. The first-order valence-corrected chi connectivity index (χ1v) is 8.49. The smallest absolute Gasteiger partial charge is 0.241 e. The van der Waals surface area contributed by atoms with E-state index in [0.29, 0.717) is 11.4 Å². The van der Waals surface area contributed by atoms with Crippen molar-refractivity contribution in [2.24, 2.45) is 7.05 Å². The third-order valence-corrected chi connectivity index (χ3v) is 5.33. The van der Waals surface area contributed by atoms with Crippen LogP contribution in [0.5, 0.6) is 0 Å². The van der Waals surface area contributed by atoms with Crippen molar-refractivity contribution in [2.75, 3.05) is 7.05 Å². The minimum atomic E-state index is -3.47. The number of thiophene rings is 1. The number of aryl methyl sites for hydroxylation is 2. The lowest BCUT2D eigenvalue weighted by Gasteiger charge is -2.03. The average molecular weight is 314 g/mol. The van der Waals surface area contributed by atoms with Crippen LogP contribution in [0, 0.1) is 6.92 Å². The zero-order valence-electron chi connectivity index (χ0n) is 11.7. The van der Waals surface area contributed by atoms with Crippen molar-refractivity contribution < 1.29 is 8.42 Å². The Labute approximate surface area is 122 Å². The predicted molar refractivity (Wildman–Crippen MR) is 79.1 cm³/mol. The predicted octanol–water partition coefficient (Wildman–Crippen LogP) is 0.988. The van der Waals surface area contributed by atoms with Crippen molar-refractivity contribution in [1.29, 1.82) is 0 Å². The molecule has 2 rings (SSSR count). The first kappa shape index (κ1) is 15.2. The Balaban J connectivity index is 2.08. The first-order valence-electron chi connectivity index (χ1n) is 6.13. The lowest BCUT2D eigenvalue weighted by molar-refractivity contribution is 0.581. The van der Waals surface area contributed by atoms with E-state index in [9.17, 15) is 8.42 Å². The molecule has 2 heterocycles. The van der Waals surface area contributed by atoms with Gasteiger partial charge in [0.25, 0.3) is 0 Å². The average Bonchev–Trinajstić information content (AvgIpc) is 2.95. The van der Waals surface area contributed by atoms with E-state index in [0.717, 1.165) is 16.1 Å². The second-order valence-corrected chi connectivity index (χ2v) is 7.28. The van der Waals surface area contributed by atoms with E-state index in [1.165, 1.54) is 11.3 Å².